The molecule has 0 saturated carbocycles. The van der Waals surface area contributed by atoms with Crippen molar-refractivity contribution in [3.63, 3.8) is 0 Å². The minimum absolute atomic E-state index is 0.149. The predicted octanol–water partition coefficient (Wildman–Crippen LogP) is -2.46. The maximum absolute atomic E-state index is 12.0. The van der Waals surface area contributed by atoms with Gasteiger partial charge in [-0.2, -0.15) is 12.6 Å². The Kier molecular flexibility index (Phi) is 9.22. The van der Waals surface area contributed by atoms with Crippen LogP contribution in [-0.4, -0.2) is 69.1 Å². The molecule has 0 saturated heterocycles. The van der Waals surface area contributed by atoms with E-state index in [1.165, 1.54) is 6.92 Å². The van der Waals surface area contributed by atoms with Crippen molar-refractivity contribution in [2.45, 2.75) is 44.0 Å². The first-order chi connectivity index (χ1) is 10.6. The molecule has 2 amide bonds. The van der Waals surface area contributed by atoms with E-state index in [1.807, 2.05) is 0 Å². The summed E-state index contributed by atoms with van der Waals surface area (Å²) in [7, 11) is 0. The summed E-state index contributed by atoms with van der Waals surface area (Å²) >= 11 is 3.78. The second-order valence-corrected chi connectivity index (χ2v) is 5.21. The lowest BCUT2D eigenvalue weighted by molar-refractivity contribution is -0.142. The van der Waals surface area contributed by atoms with Gasteiger partial charge in [-0.15, -0.1) is 0 Å². The van der Waals surface area contributed by atoms with Crippen LogP contribution in [0.5, 0.6) is 0 Å². The van der Waals surface area contributed by atoms with E-state index in [2.05, 4.69) is 23.3 Å². The summed E-state index contributed by atoms with van der Waals surface area (Å²) in [6.45, 7) is 1.23. The van der Waals surface area contributed by atoms with Gasteiger partial charge in [0.05, 0.1) is 12.1 Å². The highest BCUT2D eigenvalue weighted by Gasteiger charge is 2.30. The van der Waals surface area contributed by atoms with Crippen molar-refractivity contribution in [1.29, 1.82) is 0 Å². The fourth-order valence-corrected chi connectivity index (χ4v) is 1.77. The van der Waals surface area contributed by atoms with E-state index in [1.54, 1.807) is 0 Å². The normalized spacial score (nSPS) is 15.8. The van der Waals surface area contributed by atoms with Crippen molar-refractivity contribution < 1.29 is 34.5 Å². The van der Waals surface area contributed by atoms with Crippen molar-refractivity contribution in [3.8, 4) is 0 Å². The third kappa shape index (κ3) is 7.81. The number of carboxylic acid groups (broad SMARTS) is 2. The number of carbonyl (C=O) groups excluding carboxylic acids is 2. The van der Waals surface area contributed by atoms with Gasteiger partial charge in [-0.1, -0.05) is 0 Å². The molecule has 4 atom stereocenters. The van der Waals surface area contributed by atoms with Crippen LogP contribution in [0.4, 0.5) is 0 Å². The molecule has 0 fully saturated rings. The van der Waals surface area contributed by atoms with Gasteiger partial charge in [0.25, 0.3) is 0 Å². The molecule has 0 spiro atoms. The van der Waals surface area contributed by atoms with Gasteiger partial charge in [-0.25, -0.2) is 4.79 Å². The van der Waals surface area contributed by atoms with E-state index in [9.17, 15) is 24.3 Å². The molecular weight excluding hydrogens is 330 g/mol. The highest BCUT2D eigenvalue weighted by molar-refractivity contribution is 7.80. The minimum Gasteiger partial charge on any atom is -0.481 e. The number of nitrogens with two attached hydrogens (primary N) is 1. The highest BCUT2D eigenvalue weighted by Crippen LogP contribution is 2.00. The Morgan fingerprint density at radius 1 is 1.13 bits per heavy atom. The number of nitrogens with one attached hydrogen (secondary N) is 2. The highest BCUT2D eigenvalue weighted by atomic mass is 32.1. The second kappa shape index (κ2) is 10.0. The van der Waals surface area contributed by atoms with E-state index in [4.69, 9.17) is 15.9 Å². The third-order valence-electron chi connectivity index (χ3n) is 2.87. The second-order valence-electron chi connectivity index (χ2n) is 4.85. The maximum atomic E-state index is 12.0. The lowest BCUT2D eigenvalue weighted by Crippen LogP contribution is -2.58. The van der Waals surface area contributed by atoms with Gasteiger partial charge in [-0.3, -0.25) is 14.4 Å². The first-order valence-electron chi connectivity index (χ1n) is 6.70. The van der Waals surface area contributed by atoms with Crippen molar-refractivity contribution >= 4 is 36.4 Å². The zero-order valence-electron chi connectivity index (χ0n) is 12.4. The first kappa shape index (κ1) is 21.1. The molecule has 0 aliphatic rings. The summed E-state index contributed by atoms with van der Waals surface area (Å²) in [5, 5.41) is 31.2. The molecule has 0 rings (SSSR count). The fourth-order valence-electron chi connectivity index (χ4n) is 1.52. The molecule has 11 heteroatoms. The number of hydrogen-bond donors (Lipinski definition) is 7. The van der Waals surface area contributed by atoms with Crippen LogP contribution in [0.1, 0.15) is 19.8 Å². The van der Waals surface area contributed by atoms with E-state index in [0.29, 0.717) is 0 Å². The Balaban J connectivity index is 4.79. The number of aliphatic carboxylic acids is 2. The molecular formula is C12H21N3O7S. The molecule has 0 heterocycles. The van der Waals surface area contributed by atoms with Crippen LogP contribution in [0.2, 0.25) is 0 Å². The molecule has 0 radical (unpaired) electrons. The number of carbonyl (C=O) groups is 4. The number of thiol groups is 1. The third-order valence-corrected chi connectivity index (χ3v) is 3.23. The summed E-state index contributed by atoms with van der Waals surface area (Å²) in [5.41, 5.74) is 5.49. The average Bonchev–Trinajstić information content (AvgIpc) is 2.46. The monoisotopic (exact) mass is 351 g/mol. The Labute approximate surface area is 137 Å². The molecule has 0 aliphatic heterocycles. The average molecular weight is 351 g/mol. The molecule has 0 aromatic heterocycles. The van der Waals surface area contributed by atoms with Crippen molar-refractivity contribution in [2.75, 3.05) is 5.75 Å². The van der Waals surface area contributed by atoms with Crippen LogP contribution in [0.15, 0.2) is 0 Å². The summed E-state index contributed by atoms with van der Waals surface area (Å²) < 4.78 is 0. The fraction of sp³-hybridized carbons (Fsp3) is 0.667. The molecule has 23 heavy (non-hydrogen) atoms. The van der Waals surface area contributed by atoms with Crippen molar-refractivity contribution in [3.05, 3.63) is 0 Å². The molecule has 0 aromatic carbocycles. The lowest BCUT2D eigenvalue weighted by atomic mass is 10.1. The van der Waals surface area contributed by atoms with Gasteiger partial charge < -0.3 is 31.7 Å². The molecule has 10 nitrogen and oxygen atoms in total. The smallest absolute Gasteiger partial charge is 0.327 e. The van der Waals surface area contributed by atoms with Gasteiger partial charge >= 0.3 is 11.9 Å². The van der Waals surface area contributed by atoms with E-state index < -0.39 is 48.0 Å². The molecule has 0 aromatic rings. The van der Waals surface area contributed by atoms with Crippen LogP contribution >= 0.6 is 12.6 Å². The zero-order chi connectivity index (χ0) is 18.2. The van der Waals surface area contributed by atoms with Crippen LogP contribution in [-0.2, 0) is 19.2 Å². The van der Waals surface area contributed by atoms with Crippen LogP contribution in [0, 0.1) is 0 Å². The molecule has 132 valence electrons. The summed E-state index contributed by atoms with van der Waals surface area (Å²) in [6.07, 6.45) is -1.80. The maximum Gasteiger partial charge on any atom is 0.327 e. The molecule has 4 unspecified atom stereocenters. The largest absolute Gasteiger partial charge is 0.481 e. The molecule has 7 N–H and O–H groups in total. The zero-order valence-corrected chi connectivity index (χ0v) is 13.3. The number of rotatable bonds is 10. The SMILES string of the molecule is CC(O)C(NC(=O)C(N)CCC(=O)O)C(=O)NC(CS)C(=O)O. The number of aliphatic hydroxyl groups is 1. The van der Waals surface area contributed by atoms with Gasteiger partial charge in [0.2, 0.25) is 11.8 Å². The predicted molar refractivity (Wildman–Crippen MR) is 81.9 cm³/mol. The van der Waals surface area contributed by atoms with E-state index >= 15 is 0 Å². The summed E-state index contributed by atoms with van der Waals surface area (Å²) in [4.78, 5) is 45.1. The van der Waals surface area contributed by atoms with E-state index in [0.717, 1.165) is 0 Å². The summed E-state index contributed by atoms with van der Waals surface area (Å²) in [5.74, 6) is -4.37. The number of carboxylic acids is 2. The minimum atomic E-state index is -1.43. The van der Waals surface area contributed by atoms with E-state index in [-0.39, 0.29) is 18.6 Å². The lowest BCUT2D eigenvalue weighted by Gasteiger charge is -2.24. The van der Waals surface area contributed by atoms with Crippen LogP contribution in [0.3, 0.4) is 0 Å². The summed E-state index contributed by atoms with van der Waals surface area (Å²) in [6, 6.07) is -3.90. The van der Waals surface area contributed by atoms with Crippen molar-refractivity contribution in [2.24, 2.45) is 5.73 Å². The van der Waals surface area contributed by atoms with Gasteiger partial charge in [0.1, 0.15) is 12.1 Å². The Morgan fingerprint density at radius 3 is 2.09 bits per heavy atom. The molecule has 0 aliphatic carbocycles. The Hall–Kier alpha value is -1.85. The number of aliphatic hydroxyl groups excluding tert-OH is 1. The topological polar surface area (TPSA) is 179 Å². The van der Waals surface area contributed by atoms with Gasteiger partial charge in [0.15, 0.2) is 0 Å². The van der Waals surface area contributed by atoms with Crippen LogP contribution in [0.25, 0.3) is 0 Å². The Bertz CT molecular complexity index is 458. The molecule has 0 bridgehead atoms. The standard InChI is InChI=1S/C12H21N3O7S/c1-5(16)9(11(20)14-7(4-23)12(21)22)15-10(19)6(13)2-3-8(17)18/h5-7,9,16,23H,2-4,13H2,1H3,(H,14,20)(H,15,19)(H,17,18)(H,21,22). The van der Waals surface area contributed by atoms with Crippen LogP contribution < -0.4 is 16.4 Å². The van der Waals surface area contributed by atoms with Gasteiger partial charge in [0, 0.05) is 12.2 Å². The number of hydrogen-bond acceptors (Lipinski definition) is 7. The van der Waals surface area contributed by atoms with Gasteiger partial charge in [-0.05, 0) is 13.3 Å². The quantitative estimate of drug-likeness (QED) is 0.212. The number of amides is 2. The first-order valence-corrected chi connectivity index (χ1v) is 7.33. The van der Waals surface area contributed by atoms with Crippen molar-refractivity contribution in [1.82, 2.24) is 10.6 Å². The Morgan fingerprint density at radius 2 is 1.70 bits per heavy atom.